The quantitative estimate of drug-likeness (QED) is 0.844. The standard InChI is InChI=1S/C16H23NO4/c1-9(2)14(16(19)20)17-15(18)12(5)21-13-7-6-10(3)8-11(13)4/h6-9,12,14H,1-5H3,(H,17,18)(H,19,20). The Kier molecular flexibility index (Phi) is 5.76. The molecule has 0 radical (unpaired) electrons. The van der Waals surface area contributed by atoms with E-state index in [1.807, 2.05) is 32.0 Å². The molecule has 0 heterocycles. The third kappa shape index (κ3) is 4.77. The van der Waals surface area contributed by atoms with Gasteiger partial charge < -0.3 is 15.2 Å². The first-order valence-electron chi connectivity index (χ1n) is 6.99. The average molecular weight is 293 g/mol. The summed E-state index contributed by atoms with van der Waals surface area (Å²) in [5, 5.41) is 11.6. The first-order valence-corrected chi connectivity index (χ1v) is 6.99. The number of carboxylic acids is 1. The largest absolute Gasteiger partial charge is 0.481 e. The Morgan fingerprint density at radius 3 is 2.29 bits per heavy atom. The number of hydrogen-bond donors (Lipinski definition) is 2. The topological polar surface area (TPSA) is 75.6 Å². The van der Waals surface area contributed by atoms with Gasteiger partial charge in [0.15, 0.2) is 6.10 Å². The number of hydrogen-bond acceptors (Lipinski definition) is 3. The highest BCUT2D eigenvalue weighted by Crippen LogP contribution is 2.20. The third-order valence-corrected chi connectivity index (χ3v) is 3.23. The number of carbonyl (C=O) groups is 2. The Hall–Kier alpha value is -2.04. The lowest BCUT2D eigenvalue weighted by Crippen LogP contribution is -2.48. The number of ether oxygens (including phenoxy) is 1. The minimum Gasteiger partial charge on any atom is -0.481 e. The van der Waals surface area contributed by atoms with Crippen molar-refractivity contribution in [1.29, 1.82) is 0 Å². The number of aliphatic carboxylic acids is 1. The molecule has 1 rings (SSSR count). The molecule has 0 saturated heterocycles. The van der Waals surface area contributed by atoms with Crippen molar-refractivity contribution in [2.24, 2.45) is 5.92 Å². The van der Waals surface area contributed by atoms with Crippen LogP contribution >= 0.6 is 0 Å². The molecule has 2 atom stereocenters. The second kappa shape index (κ2) is 7.11. The van der Waals surface area contributed by atoms with E-state index < -0.39 is 24.0 Å². The predicted molar refractivity (Wildman–Crippen MR) is 80.4 cm³/mol. The predicted octanol–water partition coefficient (Wildman–Crippen LogP) is 2.30. The first-order chi connectivity index (χ1) is 9.72. The average Bonchev–Trinajstić information content (AvgIpc) is 2.37. The molecular weight excluding hydrogens is 270 g/mol. The molecule has 2 unspecified atom stereocenters. The molecule has 5 heteroatoms. The number of benzene rings is 1. The van der Waals surface area contributed by atoms with Gasteiger partial charge >= 0.3 is 5.97 Å². The summed E-state index contributed by atoms with van der Waals surface area (Å²) < 4.78 is 5.62. The summed E-state index contributed by atoms with van der Waals surface area (Å²) in [5.74, 6) is -1.05. The molecule has 0 aliphatic heterocycles. The minimum atomic E-state index is -1.04. The van der Waals surface area contributed by atoms with Gasteiger partial charge in [-0.25, -0.2) is 4.79 Å². The van der Waals surface area contributed by atoms with Crippen LogP contribution in [0.15, 0.2) is 18.2 Å². The van der Waals surface area contributed by atoms with Crippen molar-refractivity contribution in [2.75, 3.05) is 0 Å². The Morgan fingerprint density at radius 1 is 1.19 bits per heavy atom. The van der Waals surface area contributed by atoms with Crippen molar-refractivity contribution in [3.8, 4) is 5.75 Å². The highest BCUT2D eigenvalue weighted by atomic mass is 16.5. The van der Waals surface area contributed by atoms with Crippen molar-refractivity contribution in [3.05, 3.63) is 29.3 Å². The molecule has 2 N–H and O–H groups in total. The van der Waals surface area contributed by atoms with Gasteiger partial charge in [0.05, 0.1) is 0 Å². The zero-order valence-corrected chi connectivity index (χ0v) is 13.1. The van der Waals surface area contributed by atoms with E-state index in [0.29, 0.717) is 5.75 Å². The maximum absolute atomic E-state index is 12.0. The van der Waals surface area contributed by atoms with Crippen LogP contribution in [0.25, 0.3) is 0 Å². The third-order valence-electron chi connectivity index (χ3n) is 3.23. The van der Waals surface area contributed by atoms with Gasteiger partial charge in [0.1, 0.15) is 11.8 Å². The highest BCUT2D eigenvalue weighted by molar-refractivity contribution is 5.86. The van der Waals surface area contributed by atoms with E-state index in [0.717, 1.165) is 11.1 Å². The van der Waals surface area contributed by atoms with Crippen LogP contribution in [0.4, 0.5) is 0 Å². The Balaban J connectivity index is 2.72. The lowest BCUT2D eigenvalue weighted by molar-refractivity contribution is -0.144. The van der Waals surface area contributed by atoms with Crippen LogP contribution in [0.5, 0.6) is 5.75 Å². The molecule has 116 valence electrons. The van der Waals surface area contributed by atoms with Crippen molar-refractivity contribution in [1.82, 2.24) is 5.32 Å². The van der Waals surface area contributed by atoms with Gasteiger partial charge in [-0.15, -0.1) is 0 Å². The fraction of sp³-hybridized carbons (Fsp3) is 0.500. The number of aryl methyl sites for hydroxylation is 2. The monoisotopic (exact) mass is 293 g/mol. The van der Waals surface area contributed by atoms with Crippen molar-refractivity contribution >= 4 is 11.9 Å². The van der Waals surface area contributed by atoms with Gasteiger partial charge in [0, 0.05) is 0 Å². The van der Waals surface area contributed by atoms with Gasteiger partial charge in [0.2, 0.25) is 0 Å². The van der Waals surface area contributed by atoms with Gasteiger partial charge in [-0.1, -0.05) is 31.5 Å². The zero-order valence-electron chi connectivity index (χ0n) is 13.1. The molecule has 0 aromatic heterocycles. The van der Waals surface area contributed by atoms with E-state index in [9.17, 15) is 9.59 Å². The minimum absolute atomic E-state index is 0.195. The Morgan fingerprint density at radius 2 is 1.81 bits per heavy atom. The van der Waals surface area contributed by atoms with Crippen molar-refractivity contribution in [3.63, 3.8) is 0 Å². The van der Waals surface area contributed by atoms with Crippen LogP contribution < -0.4 is 10.1 Å². The van der Waals surface area contributed by atoms with Crippen LogP contribution in [0.2, 0.25) is 0 Å². The number of amides is 1. The normalized spacial score (nSPS) is 13.6. The number of rotatable bonds is 6. The second-order valence-corrected chi connectivity index (χ2v) is 5.60. The summed E-state index contributed by atoms with van der Waals surface area (Å²) in [7, 11) is 0. The van der Waals surface area contributed by atoms with Crippen LogP contribution in [-0.2, 0) is 9.59 Å². The molecule has 0 spiro atoms. The number of carboxylic acid groups (broad SMARTS) is 1. The lowest BCUT2D eigenvalue weighted by atomic mass is 10.0. The zero-order chi connectivity index (χ0) is 16.2. The van der Waals surface area contributed by atoms with Gasteiger partial charge in [-0.3, -0.25) is 4.79 Å². The Bertz CT molecular complexity index is 525. The lowest BCUT2D eigenvalue weighted by Gasteiger charge is -2.21. The molecule has 0 bridgehead atoms. The molecule has 21 heavy (non-hydrogen) atoms. The highest BCUT2D eigenvalue weighted by Gasteiger charge is 2.26. The molecule has 1 amide bonds. The van der Waals surface area contributed by atoms with Gasteiger partial charge in [0.25, 0.3) is 5.91 Å². The first kappa shape index (κ1) is 17.0. The summed E-state index contributed by atoms with van der Waals surface area (Å²) in [6, 6.07) is 4.77. The van der Waals surface area contributed by atoms with E-state index in [1.54, 1.807) is 20.8 Å². The van der Waals surface area contributed by atoms with Crippen molar-refractivity contribution in [2.45, 2.75) is 46.8 Å². The smallest absolute Gasteiger partial charge is 0.326 e. The fourth-order valence-corrected chi connectivity index (χ4v) is 1.96. The molecule has 0 fully saturated rings. The van der Waals surface area contributed by atoms with E-state index in [2.05, 4.69) is 5.32 Å². The van der Waals surface area contributed by atoms with E-state index in [4.69, 9.17) is 9.84 Å². The summed E-state index contributed by atoms with van der Waals surface area (Å²) in [5.41, 5.74) is 2.05. The van der Waals surface area contributed by atoms with Crippen molar-refractivity contribution < 1.29 is 19.4 Å². The molecule has 0 aliphatic rings. The number of nitrogens with one attached hydrogen (secondary N) is 1. The molecular formula is C16H23NO4. The molecule has 1 aromatic carbocycles. The summed E-state index contributed by atoms with van der Waals surface area (Å²) in [6.07, 6.45) is -0.757. The SMILES string of the molecule is Cc1ccc(OC(C)C(=O)NC(C(=O)O)C(C)C)c(C)c1. The maximum atomic E-state index is 12.0. The second-order valence-electron chi connectivity index (χ2n) is 5.60. The number of carbonyl (C=O) groups excluding carboxylic acids is 1. The maximum Gasteiger partial charge on any atom is 0.326 e. The summed E-state index contributed by atoms with van der Waals surface area (Å²) in [6.45, 7) is 8.98. The van der Waals surface area contributed by atoms with Gasteiger partial charge in [-0.05, 0) is 38.3 Å². The van der Waals surface area contributed by atoms with Crippen LogP contribution in [0, 0.1) is 19.8 Å². The van der Waals surface area contributed by atoms with E-state index >= 15 is 0 Å². The van der Waals surface area contributed by atoms with Crippen LogP contribution in [0.1, 0.15) is 31.9 Å². The Labute approximate surface area is 125 Å². The van der Waals surface area contributed by atoms with Gasteiger partial charge in [-0.2, -0.15) is 0 Å². The molecule has 0 saturated carbocycles. The fourth-order valence-electron chi connectivity index (χ4n) is 1.96. The molecule has 0 aliphatic carbocycles. The summed E-state index contributed by atoms with van der Waals surface area (Å²) >= 11 is 0. The van der Waals surface area contributed by atoms with E-state index in [1.165, 1.54) is 0 Å². The van der Waals surface area contributed by atoms with Crippen LogP contribution in [0.3, 0.4) is 0 Å². The molecule has 1 aromatic rings. The summed E-state index contributed by atoms with van der Waals surface area (Å²) in [4.78, 5) is 23.1. The van der Waals surface area contributed by atoms with Crippen LogP contribution in [-0.4, -0.2) is 29.1 Å². The molecule has 5 nitrogen and oxygen atoms in total. The van der Waals surface area contributed by atoms with E-state index in [-0.39, 0.29) is 5.92 Å².